The lowest BCUT2D eigenvalue weighted by molar-refractivity contribution is -0.120. The van der Waals surface area contributed by atoms with Gasteiger partial charge in [0.15, 0.2) is 0 Å². The Labute approximate surface area is 87.3 Å². The summed E-state index contributed by atoms with van der Waals surface area (Å²) in [5, 5.41) is 5.89. The molecule has 82 valence electrons. The van der Waals surface area contributed by atoms with Crippen molar-refractivity contribution < 1.29 is 9.00 Å². The van der Waals surface area contributed by atoms with E-state index in [1.165, 1.54) is 0 Å². The van der Waals surface area contributed by atoms with Crippen LogP contribution in [-0.4, -0.2) is 41.3 Å². The van der Waals surface area contributed by atoms with Crippen LogP contribution < -0.4 is 10.6 Å². The third kappa shape index (κ3) is 4.19. The smallest absolute Gasteiger partial charge is 0.221 e. The minimum absolute atomic E-state index is 0.0666. The molecule has 0 aromatic rings. The fraction of sp³-hybridized carbons (Fsp3) is 0.889. The van der Waals surface area contributed by atoms with Crippen LogP contribution in [0.15, 0.2) is 0 Å². The molecule has 0 saturated carbocycles. The first-order valence-corrected chi connectivity index (χ1v) is 6.50. The summed E-state index contributed by atoms with van der Waals surface area (Å²) in [7, 11) is 1.05. The highest BCUT2D eigenvalue weighted by Crippen LogP contribution is 2.08. The molecule has 1 rings (SSSR count). The second-order valence-electron chi connectivity index (χ2n) is 3.50. The fourth-order valence-corrected chi connectivity index (χ4v) is 2.81. The second kappa shape index (κ2) is 6.14. The van der Waals surface area contributed by atoms with Gasteiger partial charge in [-0.3, -0.25) is 9.00 Å². The van der Waals surface area contributed by atoms with Gasteiger partial charge in [0.2, 0.25) is 5.91 Å². The molecule has 5 heteroatoms. The predicted octanol–water partition coefficient (Wildman–Crippen LogP) is -0.377. The van der Waals surface area contributed by atoms with E-state index in [-0.39, 0.29) is 5.91 Å². The van der Waals surface area contributed by atoms with Gasteiger partial charge in [-0.15, -0.1) is 0 Å². The standard InChI is InChI=1S/C9H18N2O2S/c1-10-9(12)2-5-11-8-3-6-14(13)7-4-8/h8,11H,2-7H2,1H3,(H,10,12). The highest BCUT2D eigenvalue weighted by atomic mass is 32.2. The summed E-state index contributed by atoms with van der Waals surface area (Å²) in [5.41, 5.74) is 0. The highest BCUT2D eigenvalue weighted by molar-refractivity contribution is 7.85. The van der Waals surface area contributed by atoms with Gasteiger partial charge in [0.25, 0.3) is 0 Å². The van der Waals surface area contributed by atoms with Crippen molar-refractivity contribution >= 4 is 16.7 Å². The first-order valence-electron chi connectivity index (χ1n) is 5.01. The Bertz CT molecular complexity index is 211. The number of carbonyl (C=O) groups is 1. The normalized spacial score (nSPS) is 27.2. The van der Waals surface area contributed by atoms with E-state index in [1.807, 2.05) is 0 Å². The van der Waals surface area contributed by atoms with Gasteiger partial charge in [-0.2, -0.15) is 0 Å². The number of nitrogens with one attached hydrogen (secondary N) is 2. The van der Waals surface area contributed by atoms with E-state index in [1.54, 1.807) is 7.05 Å². The molecule has 14 heavy (non-hydrogen) atoms. The van der Waals surface area contributed by atoms with E-state index in [9.17, 15) is 9.00 Å². The molecule has 1 amide bonds. The monoisotopic (exact) mass is 218 g/mol. The van der Waals surface area contributed by atoms with Gasteiger partial charge in [-0.25, -0.2) is 0 Å². The minimum Gasteiger partial charge on any atom is -0.359 e. The molecule has 1 saturated heterocycles. The van der Waals surface area contributed by atoms with E-state index in [0.29, 0.717) is 12.5 Å². The molecule has 4 nitrogen and oxygen atoms in total. The summed E-state index contributed by atoms with van der Waals surface area (Å²) in [6.45, 7) is 0.719. The molecule has 0 atom stereocenters. The number of carbonyl (C=O) groups excluding carboxylic acids is 1. The molecule has 1 heterocycles. The molecule has 0 aromatic carbocycles. The number of amides is 1. The zero-order chi connectivity index (χ0) is 10.4. The Balaban J connectivity index is 2.07. The van der Waals surface area contributed by atoms with Crippen LogP contribution in [0.5, 0.6) is 0 Å². The highest BCUT2D eigenvalue weighted by Gasteiger charge is 2.16. The van der Waals surface area contributed by atoms with E-state index < -0.39 is 10.8 Å². The molecule has 1 aliphatic heterocycles. The van der Waals surface area contributed by atoms with Gasteiger partial charge < -0.3 is 10.6 Å². The molecule has 2 N–H and O–H groups in total. The molecular formula is C9H18N2O2S. The van der Waals surface area contributed by atoms with E-state index in [0.717, 1.165) is 30.9 Å². The summed E-state index contributed by atoms with van der Waals surface area (Å²) >= 11 is 0. The lowest BCUT2D eigenvalue weighted by Gasteiger charge is -2.22. The summed E-state index contributed by atoms with van der Waals surface area (Å²) < 4.78 is 11.1. The van der Waals surface area contributed by atoms with E-state index >= 15 is 0 Å². The van der Waals surface area contributed by atoms with Crippen LogP contribution in [0.3, 0.4) is 0 Å². The van der Waals surface area contributed by atoms with Gasteiger partial charge in [0, 0.05) is 48.4 Å². The Morgan fingerprint density at radius 3 is 2.64 bits per heavy atom. The van der Waals surface area contributed by atoms with Gasteiger partial charge in [-0.1, -0.05) is 0 Å². The summed E-state index contributed by atoms with van der Waals surface area (Å²) in [6, 6.07) is 0.456. The third-order valence-electron chi connectivity index (χ3n) is 2.45. The van der Waals surface area contributed by atoms with E-state index in [4.69, 9.17) is 0 Å². The van der Waals surface area contributed by atoms with Crippen molar-refractivity contribution in [3.8, 4) is 0 Å². The lowest BCUT2D eigenvalue weighted by Crippen LogP contribution is -2.37. The lowest BCUT2D eigenvalue weighted by atomic mass is 10.1. The largest absolute Gasteiger partial charge is 0.359 e. The minimum atomic E-state index is -0.596. The Kier molecular flexibility index (Phi) is 5.11. The van der Waals surface area contributed by atoms with Crippen LogP contribution in [0.1, 0.15) is 19.3 Å². The van der Waals surface area contributed by atoms with Crippen molar-refractivity contribution in [2.75, 3.05) is 25.1 Å². The first-order chi connectivity index (χ1) is 6.72. The fourth-order valence-electron chi connectivity index (χ4n) is 1.51. The van der Waals surface area contributed by atoms with Crippen LogP contribution in [0, 0.1) is 0 Å². The zero-order valence-electron chi connectivity index (χ0n) is 8.54. The van der Waals surface area contributed by atoms with E-state index in [2.05, 4.69) is 10.6 Å². The molecule has 1 aliphatic rings. The topological polar surface area (TPSA) is 58.2 Å². The average molecular weight is 218 g/mol. The van der Waals surface area contributed by atoms with Crippen molar-refractivity contribution in [1.29, 1.82) is 0 Å². The summed E-state index contributed by atoms with van der Waals surface area (Å²) in [6.07, 6.45) is 2.47. The molecule has 0 radical (unpaired) electrons. The number of hydrogen-bond acceptors (Lipinski definition) is 3. The van der Waals surface area contributed by atoms with Crippen LogP contribution in [0.4, 0.5) is 0 Å². The molecule has 0 aromatic heterocycles. The van der Waals surface area contributed by atoms with Crippen LogP contribution in [0.25, 0.3) is 0 Å². The van der Waals surface area contributed by atoms with Crippen molar-refractivity contribution in [2.45, 2.75) is 25.3 Å². The number of hydrogen-bond donors (Lipinski definition) is 2. The Morgan fingerprint density at radius 2 is 2.07 bits per heavy atom. The molecular weight excluding hydrogens is 200 g/mol. The maximum Gasteiger partial charge on any atom is 0.221 e. The SMILES string of the molecule is CNC(=O)CCNC1CCS(=O)CC1. The van der Waals surface area contributed by atoms with Crippen LogP contribution in [-0.2, 0) is 15.6 Å². The third-order valence-corrected chi connectivity index (χ3v) is 3.83. The predicted molar refractivity (Wildman–Crippen MR) is 57.6 cm³/mol. The average Bonchev–Trinajstić information content (AvgIpc) is 2.21. The van der Waals surface area contributed by atoms with Crippen LogP contribution >= 0.6 is 0 Å². The molecule has 0 bridgehead atoms. The van der Waals surface area contributed by atoms with Gasteiger partial charge in [0.05, 0.1) is 0 Å². The van der Waals surface area contributed by atoms with Crippen molar-refractivity contribution in [1.82, 2.24) is 10.6 Å². The number of rotatable bonds is 4. The van der Waals surface area contributed by atoms with Crippen molar-refractivity contribution in [2.24, 2.45) is 0 Å². The molecule has 0 aliphatic carbocycles. The molecule has 1 fully saturated rings. The van der Waals surface area contributed by atoms with Crippen LogP contribution in [0.2, 0.25) is 0 Å². The Morgan fingerprint density at radius 1 is 1.43 bits per heavy atom. The van der Waals surface area contributed by atoms with Gasteiger partial charge in [-0.05, 0) is 12.8 Å². The summed E-state index contributed by atoms with van der Waals surface area (Å²) in [5.74, 6) is 1.67. The second-order valence-corrected chi connectivity index (χ2v) is 5.20. The van der Waals surface area contributed by atoms with Gasteiger partial charge >= 0.3 is 0 Å². The summed E-state index contributed by atoms with van der Waals surface area (Å²) in [4.78, 5) is 10.9. The zero-order valence-corrected chi connectivity index (χ0v) is 9.36. The van der Waals surface area contributed by atoms with Crippen molar-refractivity contribution in [3.63, 3.8) is 0 Å². The Hall–Kier alpha value is -0.420. The molecule has 0 unspecified atom stereocenters. The maximum absolute atomic E-state index is 11.1. The maximum atomic E-state index is 11.1. The van der Waals surface area contributed by atoms with Crippen molar-refractivity contribution in [3.05, 3.63) is 0 Å². The molecule has 0 spiro atoms. The first kappa shape index (κ1) is 11.7. The quantitative estimate of drug-likeness (QED) is 0.676. The van der Waals surface area contributed by atoms with Gasteiger partial charge in [0.1, 0.15) is 0 Å².